The second-order valence-electron chi connectivity index (χ2n) is 8.79. The molecule has 8 heteroatoms. The molecule has 0 aromatic carbocycles. The fourth-order valence-corrected chi connectivity index (χ4v) is 4.94. The lowest BCUT2D eigenvalue weighted by Gasteiger charge is -2.41. The minimum Gasteiger partial charge on any atom is -0.358 e. The molecule has 8 nitrogen and oxygen atoms in total. The Hall–Kier alpha value is -2.90. The molecule has 0 bridgehead atoms. The van der Waals surface area contributed by atoms with Crippen LogP contribution in [0, 0.1) is 12.8 Å². The van der Waals surface area contributed by atoms with E-state index < -0.39 is 5.41 Å². The van der Waals surface area contributed by atoms with Gasteiger partial charge in [0, 0.05) is 37.8 Å². The van der Waals surface area contributed by atoms with E-state index in [9.17, 15) is 9.59 Å². The summed E-state index contributed by atoms with van der Waals surface area (Å²) in [6, 6.07) is 7.59. The van der Waals surface area contributed by atoms with Crippen molar-refractivity contribution in [3.05, 3.63) is 35.7 Å². The van der Waals surface area contributed by atoms with Crippen LogP contribution in [0.1, 0.15) is 56.3 Å². The van der Waals surface area contributed by atoms with Crippen molar-refractivity contribution in [2.24, 2.45) is 5.92 Å². The lowest BCUT2D eigenvalue weighted by Crippen LogP contribution is -2.53. The van der Waals surface area contributed by atoms with E-state index in [1.807, 2.05) is 36.1 Å². The highest BCUT2D eigenvalue weighted by molar-refractivity contribution is 5.88. The summed E-state index contributed by atoms with van der Waals surface area (Å²) < 4.78 is 0. The summed E-state index contributed by atoms with van der Waals surface area (Å²) >= 11 is 0. The monoisotopic (exact) mass is 424 g/mol. The first-order valence-corrected chi connectivity index (χ1v) is 11.3. The summed E-state index contributed by atoms with van der Waals surface area (Å²) in [7, 11) is 1.66. The molecule has 2 aromatic rings. The molecule has 3 N–H and O–H groups in total. The fourth-order valence-electron chi connectivity index (χ4n) is 4.94. The van der Waals surface area contributed by atoms with Gasteiger partial charge in [-0.3, -0.25) is 14.7 Å². The Bertz CT molecular complexity index is 926. The molecule has 0 unspecified atom stereocenters. The van der Waals surface area contributed by atoms with Crippen LogP contribution in [0.25, 0.3) is 0 Å². The van der Waals surface area contributed by atoms with Crippen molar-refractivity contribution in [2.45, 2.75) is 57.3 Å². The van der Waals surface area contributed by atoms with E-state index in [0.29, 0.717) is 37.6 Å². The lowest BCUT2D eigenvalue weighted by atomic mass is 9.74. The average molecular weight is 425 g/mol. The molecule has 2 amide bonds. The Labute approximate surface area is 183 Å². The number of likely N-dealkylation sites (N-methyl/N-ethyl adjacent to an activating group) is 1. The van der Waals surface area contributed by atoms with Gasteiger partial charge < -0.3 is 15.5 Å². The topological polar surface area (TPSA) is 103 Å². The first-order valence-electron chi connectivity index (χ1n) is 11.3. The largest absolute Gasteiger partial charge is 0.358 e. The molecule has 0 atom stereocenters. The molecule has 0 spiro atoms. The summed E-state index contributed by atoms with van der Waals surface area (Å²) in [6.45, 7) is 3.10. The molecule has 4 rings (SSSR count). The number of likely N-dealkylation sites (tertiary alicyclic amines) is 1. The molecule has 2 aromatic heterocycles. The van der Waals surface area contributed by atoms with Crippen LogP contribution in [0.2, 0.25) is 0 Å². The highest BCUT2D eigenvalue weighted by Crippen LogP contribution is 2.37. The Morgan fingerprint density at radius 2 is 1.87 bits per heavy atom. The zero-order valence-corrected chi connectivity index (χ0v) is 18.4. The number of carbonyl (C=O) groups is 2. The van der Waals surface area contributed by atoms with Crippen LogP contribution in [-0.2, 0) is 15.0 Å². The number of H-pyrrole nitrogens is 1. The maximum atomic E-state index is 13.0. The number of carbonyl (C=O) groups excluding carboxylic acids is 2. The zero-order chi connectivity index (χ0) is 21.8. The second kappa shape index (κ2) is 9.08. The van der Waals surface area contributed by atoms with Crippen LogP contribution in [0.15, 0.2) is 24.3 Å². The fraction of sp³-hybridized carbons (Fsp3) is 0.565. The van der Waals surface area contributed by atoms with Gasteiger partial charge in [-0.1, -0.05) is 25.3 Å². The van der Waals surface area contributed by atoms with Crippen LogP contribution in [0.5, 0.6) is 0 Å². The molecule has 1 saturated carbocycles. The first-order chi connectivity index (χ1) is 15.0. The van der Waals surface area contributed by atoms with E-state index in [4.69, 9.17) is 4.98 Å². The Balaban J connectivity index is 1.52. The number of nitrogens with one attached hydrogen (secondary N) is 3. The minimum atomic E-state index is -0.739. The third-order valence-corrected chi connectivity index (χ3v) is 6.75. The molecule has 1 aliphatic heterocycles. The van der Waals surface area contributed by atoms with Crippen LogP contribution < -0.4 is 10.6 Å². The third-order valence-electron chi connectivity index (χ3n) is 6.75. The number of aryl methyl sites for hydroxylation is 1. The molecule has 2 fully saturated rings. The van der Waals surface area contributed by atoms with Crippen molar-refractivity contribution in [1.82, 2.24) is 25.4 Å². The summed E-state index contributed by atoms with van der Waals surface area (Å²) in [6.07, 6.45) is 6.66. The SMILES string of the molecule is CNC(=O)C1(c2cccc(Nc3cc(C)[nH]n3)n2)CCN(C(=O)C2CCCCC2)CC1. The average Bonchev–Trinajstić information content (AvgIpc) is 3.23. The van der Waals surface area contributed by atoms with E-state index >= 15 is 0 Å². The summed E-state index contributed by atoms with van der Waals surface area (Å²) in [5, 5.41) is 13.1. The number of piperidine rings is 1. The standard InChI is InChI=1S/C23H32N6O2/c1-16-15-20(28-27-16)26-19-10-6-9-18(25-19)23(22(31)24-2)11-13-29(14-12-23)21(30)17-7-4-3-5-8-17/h6,9-10,15,17H,3-5,7-8,11-14H2,1-2H3,(H,24,31)(H2,25,26,27,28). The van der Waals surface area contributed by atoms with Crippen molar-refractivity contribution in [2.75, 3.05) is 25.5 Å². The van der Waals surface area contributed by atoms with E-state index in [0.717, 1.165) is 37.1 Å². The summed E-state index contributed by atoms with van der Waals surface area (Å²) in [4.78, 5) is 32.8. The van der Waals surface area contributed by atoms with Crippen molar-refractivity contribution in [3.8, 4) is 0 Å². The number of amides is 2. The van der Waals surface area contributed by atoms with Gasteiger partial charge in [0.25, 0.3) is 0 Å². The zero-order valence-electron chi connectivity index (χ0n) is 18.4. The van der Waals surface area contributed by atoms with Gasteiger partial charge in [0.15, 0.2) is 5.82 Å². The van der Waals surface area contributed by atoms with Crippen molar-refractivity contribution in [1.29, 1.82) is 0 Å². The molecule has 3 heterocycles. The van der Waals surface area contributed by atoms with Crippen molar-refractivity contribution < 1.29 is 9.59 Å². The highest BCUT2D eigenvalue weighted by atomic mass is 16.2. The molecule has 0 radical (unpaired) electrons. The number of rotatable bonds is 5. The number of aromatic amines is 1. The van der Waals surface area contributed by atoms with Gasteiger partial charge in [0.1, 0.15) is 5.82 Å². The Kier molecular flexibility index (Phi) is 6.25. The van der Waals surface area contributed by atoms with Crippen molar-refractivity contribution >= 4 is 23.5 Å². The van der Waals surface area contributed by atoms with Gasteiger partial charge in [-0.25, -0.2) is 4.98 Å². The summed E-state index contributed by atoms with van der Waals surface area (Å²) in [5.74, 6) is 1.71. The van der Waals surface area contributed by atoms with Crippen LogP contribution in [0.4, 0.5) is 11.6 Å². The maximum Gasteiger partial charge on any atom is 0.232 e. The number of nitrogens with zero attached hydrogens (tertiary/aromatic N) is 3. The minimum absolute atomic E-state index is 0.0440. The molecule has 31 heavy (non-hydrogen) atoms. The predicted molar refractivity (Wildman–Crippen MR) is 119 cm³/mol. The molecule has 1 saturated heterocycles. The third kappa shape index (κ3) is 4.43. The van der Waals surface area contributed by atoms with E-state index in [1.165, 1.54) is 6.42 Å². The quantitative estimate of drug-likeness (QED) is 0.685. The number of hydrogen-bond acceptors (Lipinski definition) is 5. The van der Waals surface area contributed by atoms with Gasteiger partial charge >= 0.3 is 0 Å². The first kappa shape index (κ1) is 21.3. The van der Waals surface area contributed by atoms with Gasteiger partial charge in [0.2, 0.25) is 11.8 Å². The smallest absolute Gasteiger partial charge is 0.232 e. The van der Waals surface area contributed by atoms with Gasteiger partial charge in [0.05, 0.1) is 11.1 Å². The van der Waals surface area contributed by atoms with E-state index in [2.05, 4.69) is 20.8 Å². The van der Waals surface area contributed by atoms with Crippen LogP contribution in [-0.4, -0.2) is 52.0 Å². The molecular weight excluding hydrogens is 392 g/mol. The van der Waals surface area contributed by atoms with Crippen molar-refractivity contribution in [3.63, 3.8) is 0 Å². The number of anilines is 2. The second-order valence-corrected chi connectivity index (χ2v) is 8.79. The van der Waals surface area contributed by atoms with E-state index in [1.54, 1.807) is 7.05 Å². The highest BCUT2D eigenvalue weighted by Gasteiger charge is 2.45. The van der Waals surface area contributed by atoms with Gasteiger partial charge in [-0.05, 0) is 44.7 Å². The normalized spacial score (nSPS) is 19.1. The lowest BCUT2D eigenvalue weighted by molar-refractivity contribution is -0.141. The number of aromatic nitrogens is 3. The van der Waals surface area contributed by atoms with Gasteiger partial charge in [-0.2, -0.15) is 5.10 Å². The number of pyridine rings is 1. The van der Waals surface area contributed by atoms with Crippen LogP contribution in [0.3, 0.4) is 0 Å². The molecule has 2 aliphatic rings. The summed E-state index contributed by atoms with van der Waals surface area (Å²) in [5.41, 5.74) is 0.946. The van der Waals surface area contributed by atoms with Crippen LogP contribution >= 0.6 is 0 Å². The molecular formula is C23H32N6O2. The van der Waals surface area contributed by atoms with Gasteiger partial charge in [-0.15, -0.1) is 0 Å². The number of hydrogen-bond donors (Lipinski definition) is 3. The maximum absolute atomic E-state index is 13.0. The Morgan fingerprint density at radius 1 is 1.13 bits per heavy atom. The molecule has 1 aliphatic carbocycles. The molecule has 166 valence electrons. The Morgan fingerprint density at radius 3 is 2.52 bits per heavy atom. The predicted octanol–water partition coefficient (Wildman–Crippen LogP) is 3.04. The van der Waals surface area contributed by atoms with E-state index in [-0.39, 0.29) is 17.7 Å².